The van der Waals surface area contributed by atoms with Crippen LogP contribution in [0, 0.1) is 6.92 Å². The van der Waals surface area contributed by atoms with Crippen LogP contribution in [0.25, 0.3) is 11.5 Å². The van der Waals surface area contributed by atoms with Gasteiger partial charge in [0.05, 0.1) is 6.20 Å². The number of aromatic nitrogens is 5. The summed E-state index contributed by atoms with van der Waals surface area (Å²) in [5.41, 5.74) is 0.583. The van der Waals surface area contributed by atoms with Crippen LogP contribution in [0.15, 0.2) is 40.0 Å². The molecular weight excluding hydrogens is 344 g/mol. The van der Waals surface area contributed by atoms with E-state index in [0.717, 1.165) is 6.26 Å². The molecule has 3 rings (SSSR count). The quantitative estimate of drug-likeness (QED) is 0.725. The smallest absolute Gasteiger partial charge is 0.249 e. The normalized spacial score (nSPS) is 12.8. The highest BCUT2D eigenvalue weighted by Crippen LogP contribution is 2.24. The first-order chi connectivity index (χ1) is 11.8. The molecule has 0 aliphatic rings. The van der Waals surface area contributed by atoms with Crippen LogP contribution in [0.3, 0.4) is 0 Å². The Morgan fingerprint density at radius 2 is 2.00 bits per heavy atom. The van der Waals surface area contributed by atoms with Crippen molar-refractivity contribution < 1.29 is 12.9 Å². The van der Waals surface area contributed by atoms with Crippen molar-refractivity contribution in [3.63, 3.8) is 0 Å². The molecule has 3 aromatic rings. The van der Waals surface area contributed by atoms with Crippen molar-refractivity contribution in [1.82, 2.24) is 25.1 Å². The number of rotatable bonds is 5. The van der Waals surface area contributed by atoms with Crippen molar-refractivity contribution in [1.29, 1.82) is 0 Å². The summed E-state index contributed by atoms with van der Waals surface area (Å²) in [7, 11) is -3.48. The highest BCUT2D eigenvalue weighted by atomic mass is 32.2. The molecular formula is C15H16N6O3S. The molecule has 9 nitrogen and oxygen atoms in total. The van der Waals surface area contributed by atoms with Gasteiger partial charge in [0.15, 0.2) is 9.84 Å². The largest absolute Gasteiger partial charge is 0.357 e. The Morgan fingerprint density at radius 1 is 1.20 bits per heavy atom. The van der Waals surface area contributed by atoms with Crippen molar-refractivity contribution in [3.05, 3.63) is 42.3 Å². The lowest BCUT2D eigenvalue weighted by Gasteiger charge is -2.13. The van der Waals surface area contributed by atoms with E-state index in [1.165, 1.54) is 6.20 Å². The van der Waals surface area contributed by atoms with E-state index < -0.39 is 15.9 Å². The van der Waals surface area contributed by atoms with Gasteiger partial charge in [-0.15, -0.1) is 0 Å². The molecule has 0 fully saturated rings. The first-order valence-electron chi connectivity index (χ1n) is 7.40. The zero-order valence-corrected chi connectivity index (χ0v) is 14.6. The zero-order chi connectivity index (χ0) is 18.0. The van der Waals surface area contributed by atoms with Gasteiger partial charge >= 0.3 is 0 Å². The zero-order valence-electron chi connectivity index (χ0n) is 13.8. The molecule has 1 atom stereocenters. The number of hydrogen-bond acceptors (Lipinski definition) is 9. The van der Waals surface area contributed by atoms with E-state index in [1.807, 2.05) is 6.07 Å². The van der Waals surface area contributed by atoms with Gasteiger partial charge in [0, 0.05) is 12.5 Å². The van der Waals surface area contributed by atoms with E-state index in [2.05, 4.69) is 30.4 Å². The maximum Gasteiger partial charge on any atom is 0.249 e. The van der Waals surface area contributed by atoms with Gasteiger partial charge in [-0.2, -0.15) is 4.98 Å². The van der Waals surface area contributed by atoms with Crippen molar-refractivity contribution >= 4 is 15.7 Å². The van der Waals surface area contributed by atoms with Gasteiger partial charge in [-0.3, -0.25) is 4.98 Å². The highest BCUT2D eigenvalue weighted by Gasteiger charge is 2.21. The minimum Gasteiger partial charge on any atom is -0.357 e. The lowest BCUT2D eigenvalue weighted by atomic mass is 10.3. The molecule has 1 N–H and O–H groups in total. The molecule has 0 aliphatic heterocycles. The minimum atomic E-state index is -3.48. The molecule has 3 aromatic heterocycles. The van der Waals surface area contributed by atoms with Crippen LogP contribution < -0.4 is 5.32 Å². The standard InChI is InChI=1S/C15H16N6O3S/c1-9(15-20-13(21-24-15)11-6-4-5-7-16-11)18-14-12(25(3,22)23)8-17-10(2)19-14/h4-9H,1-3H3,(H,17,18,19)/t9-/m1/s1. The Hall–Kier alpha value is -2.88. The molecule has 0 saturated carbocycles. The molecule has 10 heteroatoms. The third-order valence-electron chi connectivity index (χ3n) is 3.33. The number of aryl methyl sites for hydroxylation is 1. The maximum atomic E-state index is 11.9. The Labute approximate surface area is 144 Å². The summed E-state index contributed by atoms with van der Waals surface area (Å²) in [4.78, 5) is 16.6. The fourth-order valence-corrected chi connectivity index (χ4v) is 2.81. The number of nitrogens with zero attached hydrogens (tertiary/aromatic N) is 5. The molecule has 0 aliphatic carbocycles. The molecule has 0 spiro atoms. The Morgan fingerprint density at radius 3 is 2.68 bits per heavy atom. The van der Waals surface area contributed by atoms with E-state index >= 15 is 0 Å². The van der Waals surface area contributed by atoms with Crippen LogP contribution in [-0.4, -0.2) is 39.8 Å². The van der Waals surface area contributed by atoms with E-state index in [0.29, 0.717) is 17.3 Å². The van der Waals surface area contributed by atoms with Crippen molar-refractivity contribution in [2.75, 3.05) is 11.6 Å². The van der Waals surface area contributed by atoms with E-state index in [-0.39, 0.29) is 16.6 Å². The maximum absolute atomic E-state index is 11.9. The van der Waals surface area contributed by atoms with Gasteiger partial charge in [-0.1, -0.05) is 11.2 Å². The average molecular weight is 360 g/mol. The molecule has 25 heavy (non-hydrogen) atoms. The monoisotopic (exact) mass is 360 g/mol. The first kappa shape index (κ1) is 17.0. The second kappa shape index (κ2) is 6.55. The van der Waals surface area contributed by atoms with Crippen LogP contribution in [0.5, 0.6) is 0 Å². The molecule has 0 aromatic carbocycles. The van der Waals surface area contributed by atoms with Gasteiger partial charge in [-0.05, 0) is 26.0 Å². The van der Waals surface area contributed by atoms with Crippen LogP contribution >= 0.6 is 0 Å². The predicted octanol–water partition coefficient (Wildman–Crippen LogP) is 1.81. The van der Waals surface area contributed by atoms with Gasteiger partial charge < -0.3 is 9.84 Å². The Bertz CT molecular complexity index is 988. The van der Waals surface area contributed by atoms with E-state index in [9.17, 15) is 8.42 Å². The van der Waals surface area contributed by atoms with Crippen LogP contribution in [-0.2, 0) is 9.84 Å². The lowest BCUT2D eigenvalue weighted by molar-refractivity contribution is 0.367. The number of sulfone groups is 1. The molecule has 0 bridgehead atoms. The molecule has 0 amide bonds. The first-order valence-corrected chi connectivity index (χ1v) is 9.29. The number of pyridine rings is 1. The number of nitrogens with one attached hydrogen (secondary N) is 1. The molecule has 0 saturated heterocycles. The lowest BCUT2D eigenvalue weighted by Crippen LogP contribution is -2.13. The topological polar surface area (TPSA) is 124 Å². The third kappa shape index (κ3) is 3.79. The molecule has 130 valence electrons. The summed E-state index contributed by atoms with van der Waals surface area (Å²) in [5.74, 6) is 1.28. The van der Waals surface area contributed by atoms with Gasteiger partial charge in [0.1, 0.15) is 28.3 Å². The molecule has 0 unspecified atom stereocenters. The van der Waals surface area contributed by atoms with Crippen molar-refractivity contribution in [2.45, 2.75) is 24.8 Å². The summed E-state index contributed by atoms with van der Waals surface area (Å²) >= 11 is 0. The summed E-state index contributed by atoms with van der Waals surface area (Å²) < 4.78 is 29.0. The summed E-state index contributed by atoms with van der Waals surface area (Å²) in [5, 5.41) is 6.89. The Balaban J connectivity index is 1.88. The fraction of sp³-hybridized carbons (Fsp3) is 0.267. The Kier molecular flexibility index (Phi) is 4.45. The average Bonchev–Trinajstić information content (AvgIpc) is 3.04. The fourth-order valence-electron chi connectivity index (χ4n) is 2.11. The third-order valence-corrected chi connectivity index (χ3v) is 4.43. The SMILES string of the molecule is Cc1ncc(S(C)(=O)=O)c(N[C@H](C)c2nc(-c3ccccn3)no2)n1. The van der Waals surface area contributed by atoms with Crippen LogP contribution in [0.2, 0.25) is 0 Å². The number of hydrogen-bond donors (Lipinski definition) is 1. The highest BCUT2D eigenvalue weighted by molar-refractivity contribution is 7.90. The molecule has 3 heterocycles. The van der Waals surface area contributed by atoms with Crippen molar-refractivity contribution in [3.8, 4) is 11.5 Å². The summed E-state index contributed by atoms with van der Waals surface area (Å²) in [6.07, 6.45) is 4.01. The second-order valence-electron chi connectivity index (χ2n) is 5.44. The van der Waals surface area contributed by atoms with Crippen LogP contribution in [0.4, 0.5) is 5.82 Å². The summed E-state index contributed by atoms with van der Waals surface area (Å²) in [6.45, 7) is 3.44. The van der Waals surface area contributed by atoms with Gasteiger partial charge in [0.25, 0.3) is 0 Å². The van der Waals surface area contributed by atoms with E-state index in [4.69, 9.17) is 4.52 Å². The minimum absolute atomic E-state index is 0.00872. The summed E-state index contributed by atoms with van der Waals surface area (Å²) in [6, 6.07) is 4.92. The van der Waals surface area contributed by atoms with Gasteiger partial charge in [0.2, 0.25) is 11.7 Å². The van der Waals surface area contributed by atoms with E-state index in [1.54, 1.807) is 32.2 Å². The second-order valence-corrected chi connectivity index (χ2v) is 7.42. The molecule has 0 radical (unpaired) electrons. The number of anilines is 1. The van der Waals surface area contributed by atoms with Crippen LogP contribution in [0.1, 0.15) is 24.7 Å². The van der Waals surface area contributed by atoms with Crippen molar-refractivity contribution in [2.24, 2.45) is 0 Å². The predicted molar refractivity (Wildman–Crippen MR) is 89.4 cm³/mol. The van der Waals surface area contributed by atoms with Gasteiger partial charge in [-0.25, -0.2) is 18.4 Å².